The van der Waals surface area contributed by atoms with Gasteiger partial charge in [0.2, 0.25) is 5.78 Å². The molecule has 1 amide bonds. The number of carbonyl (C=O) groups is 3. The van der Waals surface area contributed by atoms with Gasteiger partial charge >= 0.3 is 0 Å². The predicted octanol–water partition coefficient (Wildman–Crippen LogP) is 5.64. The molecule has 2 atom stereocenters. The lowest BCUT2D eigenvalue weighted by molar-refractivity contribution is -0.139. The first kappa shape index (κ1) is 25.8. The van der Waals surface area contributed by atoms with Gasteiger partial charge in [-0.15, -0.1) is 11.3 Å². The third kappa shape index (κ3) is 5.27. The molecule has 36 heavy (non-hydrogen) atoms. The fraction of sp³-hybridized carbons (Fsp3) is 0.345. The maximum Gasteiger partial charge on any atom is 0.295 e. The number of rotatable bonds is 10. The van der Waals surface area contributed by atoms with E-state index in [0.717, 1.165) is 10.4 Å². The number of ketones is 2. The Bertz CT molecular complexity index is 1250. The van der Waals surface area contributed by atoms with Crippen molar-refractivity contribution in [3.05, 3.63) is 71.1 Å². The molecule has 0 radical (unpaired) electrons. The van der Waals surface area contributed by atoms with E-state index >= 15 is 0 Å². The zero-order chi connectivity index (χ0) is 25.8. The van der Waals surface area contributed by atoms with Gasteiger partial charge in [0.25, 0.3) is 5.91 Å². The summed E-state index contributed by atoms with van der Waals surface area (Å²) in [4.78, 5) is 43.8. The summed E-state index contributed by atoms with van der Waals surface area (Å²) in [5, 5.41) is 0. The Morgan fingerprint density at radius 3 is 2.36 bits per heavy atom. The van der Waals surface area contributed by atoms with E-state index < -0.39 is 23.7 Å². The monoisotopic (exact) mass is 505 g/mol. The number of Topliss-reactive ketones (excluding diaryl/α,β-unsaturated/α-hetero) is 2. The van der Waals surface area contributed by atoms with Gasteiger partial charge in [-0.05, 0) is 48.7 Å². The van der Waals surface area contributed by atoms with Crippen molar-refractivity contribution in [2.75, 3.05) is 25.2 Å². The minimum absolute atomic E-state index is 0.0665. The lowest BCUT2D eigenvalue weighted by atomic mass is 9.85. The van der Waals surface area contributed by atoms with Crippen molar-refractivity contribution in [2.45, 2.75) is 33.2 Å². The van der Waals surface area contributed by atoms with Gasteiger partial charge in [0, 0.05) is 34.5 Å². The van der Waals surface area contributed by atoms with E-state index in [9.17, 15) is 14.4 Å². The van der Waals surface area contributed by atoms with Crippen LogP contribution < -0.4 is 9.64 Å². The summed E-state index contributed by atoms with van der Waals surface area (Å²) in [6, 6.07) is 18.2. The van der Waals surface area contributed by atoms with E-state index in [4.69, 9.17) is 9.47 Å². The number of amides is 1. The number of aryl methyl sites for hydroxylation is 1. The lowest BCUT2D eigenvalue weighted by Crippen LogP contribution is -2.31. The first-order valence-corrected chi connectivity index (χ1v) is 12.9. The molecular weight excluding hydrogens is 474 g/mol. The Hall–Kier alpha value is -3.29. The molecule has 0 N–H and O–H groups in total. The van der Waals surface area contributed by atoms with E-state index in [1.165, 1.54) is 9.78 Å². The van der Waals surface area contributed by atoms with Crippen molar-refractivity contribution in [3.63, 3.8) is 0 Å². The highest BCUT2D eigenvalue weighted by molar-refractivity contribution is 7.15. The van der Waals surface area contributed by atoms with Gasteiger partial charge in [-0.2, -0.15) is 0 Å². The second-order valence-electron chi connectivity index (χ2n) is 9.36. The highest BCUT2D eigenvalue weighted by atomic mass is 32.1. The van der Waals surface area contributed by atoms with Crippen LogP contribution in [0, 0.1) is 18.8 Å². The second kappa shape index (κ2) is 11.2. The summed E-state index contributed by atoms with van der Waals surface area (Å²) >= 11 is 1.69. The normalized spacial score (nSPS) is 17.8. The van der Waals surface area contributed by atoms with Crippen LogP contribution in [0.4, 0.5) is 5.69 Å². The Kier molecular flexibility index (Phi) is 8.01. The average molecular weight is 506 g/mol. The summed E-state index contributed by atoms with van der Waals surface area (Å²) in [5.74, 6) is -2.07. The van der Waals surface area contributed by atoms with Crippen LogP contribution in [0.15, 0.2) is 60.7 Å². The van der Waals surface area contributed by atoms with Gasteiger partial charge in [-0.25, -0.2) is 0 Å². The van der Waals surface area contributed by atoms with Crippen molar-refractivity contribution < 1.29 is 23.9 Å². The van der Waals surface area contributed by atoms with Gasteiger partial charge in [0.05, 0.1) is 12.6 Å². The van der Waals surface area contributed by atoms with Crippen LogP contribution in [0.5, 0.6) is 5.75 Å². The van der Waals surface area contributed by atoms with Gasteiger partial charge in [-0.1, -0.05) is 44.2 Å². The molecule has 2 unspecified atom stereocenters. The number of thiophene rings is 1. The molecule has 0 bridgehead atoms. The zero-order valence-corrected chi connectivity index (χ0v) is 21.8. The number of ether oxygens (including phenoxy) is 2. The van der Waals surface area contributed by atoms with Crippen LogP contribution in [0.25, 0.3) is 10.4 Å². The molecule has 6 nitrogen and oxygen atoms in total. The number of nitrogens with zero attached hydrogens (tertiary/aromatic N) is 1. The molecule has 1 saturated heterocycles. The van der Waals surface area contributed by atoms with E-state index in [1.807, 2.05) is 56.3 Å². The maximum atomic E-state index is 13.4. The molecule has 0 spiro atoms. The number of carbonyl (C=O) groups excluding carboxylic acids is 3. The van der Waals surface area contributed by atoms with Gasteiger partial charge in [0.15, 0.2) is 0 Å². The molecule has 2 aromatic carbocycles. The standard InChI is InChI=1S/C29H31NO5S/c1-18(2)17-23(31)26-27(22-7-5-6-8-24(22)35-16-15-34-4)30(29(33)28(26)32)21-12-10-20(11-13-21)25-14-9-19(3)36-25/h5-14,18,26-27H,15-17H2,1-4H3. The summed E-state index contributed by atoms with van der Waals surface area (Å²) < 4.78 is 11.1. The van der Waals surface area contributed by atoms with Crippen LogP contribution in [0.1, 0.15) is 36.8 Å². The minimum atomic E-state index is -1.09. The number of hydrogen-bond acceptors (Lipinski definition) is 6. The summed E-state index contributed by atoms with van der Waals surface area (Å²) in [6.07, 6.45) is 0.220. The predicted molar refractivity (Wildman–Crippen MR) is 141 cm³/mol. The first-order chi connectivity index (χ1) is 17.3. The number of anilines is 1. The second-order valence-corrected chi connectivity index (χ2v) is 10.7. The Balaban J connectivity index is 1.78. The lowest BCUT2D eigenvalue weighted by Gasteiger charge is -2.29. The number of hydrogen-bond donors (Lipinski definition) is 0. The molecule has 1 aliphatic heterocycles. The van der Waals surface area contributed by atoms with E-state index in [-0.39, 0.29) is 18.1 Å². The van der Waals surface area contributed by atoms with Crippen LogP contribution in [0.3, 0.4) is 0 Å². The Morgan fingerprint density at radius 2 is 1.72 bits per heavy atom. The SMILES string of the molecule is COCCOc1ccccc1C1C(C(=O)CC(C)C)C(=O)C(=O)N1c1ccc(-c2ccc(C)s2)cc1. The Morgan fingerprint density at radius 1 is 1.00 bits per heavy atom. The number of para-hydroxylation sites is 1. The van der Waals surface area contributed by atoms with Crippen LogP contribution in [0.2, 0.25) is 0 Å². The third-order valence-electron chi connectivity index (χ3n) is 6.22. The molecule has 0 saturated carbocycles. The highest BCUT2D eigenvalue weighted by Crippen LogP contribution is 2.44. The van der Waals surface area contributed by atoms with Crippen molar-refractivity contribution in [1.82, 2.24) is 0 Å². The van der Waals surface area contributed by atoms with Crippen molar-refractivity contribution in [2.24, 2.45) is 11.8 Å². The van der Waals surface area contributed by atoms with Gasteiger partial charge in [-0.3, -0.25) is 19.3 Å². The molecular formula is C29H31NO5S. The summed E-state index contributed by atoms with van der Waals surface area (Å²) in [6.45, 7) is 6.61. The van der Waals surface area contributed by atoms with E-state index in [0.29, 0.717) is 30.2 Å². The van der Waals surface area contributed by atoms with Crippen molar-refractivity contribution >= 4 is 34.5 Å². The zero-order valence-electron chi connectivity index (χ0n) is 21.0. The largest absolute Gasteiger partial charge is 0.491 e. The number of methoxy groups -OCH3 is 1. The molecule has 1 aliphatic rings. The molecule has 1 aromatic heterocycles. The maximum absolute atomic E-state index is 13.4. The average Bonchev–Trinajstić information content (AvgIpc) is 3.40. The molecule has 0 aliphatic carbocycles. The van der Waals surface area contributed by atoms with E-state index in [2.05, 4.69) is 19.1 Å². The summed E-state index contributed by atoms with van der Waals surface area (Å²) in [7, 11) is 1.59. The third-order valence-corrected chi connectivity index (χ3v) is 7.27. The molecule has 4 rings (SSSR count). The smallest absolute Gasteiger partial charge is 0.295 e. The molecule has 188 valence electrons. The van der Waals surface area contributed by atoms with Crippen LogP contribution >= 0.6 is 11.3 Å². The molecule has 2 heterocycles. The fourth-order valence-corrected chi connectivity index (χ4v) is 5.46. The Labute approximate surface area is 215 Å². The van der Waals surface area contributed by atoms with Crippen LogP contribution in [-0.2, 0) is 19.1 Å². The van der Waals surface area contributed by atoms with Gasteiger partial charge in [0.1, 0.15) is 24.1 Å². The minimum Gasteiger partial charge on any atom is -0.491 e. The van der Waals surface area contributed by atoms with E-state index in [1.54, 1.807) is 24.5 Å². The quantitative estimate of drug-likeness (QED) is 0.203. The summed E-state index contributed by atoms with van der Waals surface area (Å²) in [5.41, 5.74) is 2.23. The van der Waals surface area contributed by atoms with Crippen molar-refractivity contribution in [1.29, 1.82) is 0 Å². The fourth-order valence-electron chi connectivity index (χ4n) is 4.59. The topological polar surface area (TPSA) is 72.9 Å². The number of benzene rings is 2. The molecule has 3 aromatic rings. The molecule has 1 fully saturated rings. The van der Waals surface area contributed by atoms with Crippen LogP contribution in [-0.4, -0.2) is 37.8 Å². The molecule has 7 heteroatoms. The van der Waals surface area contributed by atoms with Crippen molar-refractivity contribution in [3.8, 4) is 16.2 Å². The first-order valence-electron chi connectivity index (χ1n) is 12.1. The van der Waals surface area contributed by atoms with Gasteiger partial charge < -0.3 is 9.47 Å². The highest BCUT2D eigenvalue weighted by Gasteiger charge is 2.52.